The third-order valence-corrected chi connectivity index (χ3v) is 3.00. The fourth-order valence-electron chi connectivity index (χ4n) is 1.34. The van der Waals surface area contributed by atoms with Crippen LogP contribution in [0.1, 0.15) is 0 Å². The molecule has 1 aromatic carbocycles. The van der Waals surface area contributed by atoms with Crippen LogP contribution >= 0.6 is 34.2 Å². The van der Waals surface area contributed by atoms with Gasteiger partial charge < -0.3 is 9.72 Å². The molecule has 1 aromatic heterocycles. The highest BCUT2D eigenvalue weighted by Gasteiger charge is 2.32. The lowest BCUT2D eigenvalue weighted by Gasteiger charge is -2.10. The van der Waals surface area contributed by atoms with Crippen molar-refractivity contribution >= 4 is 45.1 Å². The van der Waals surface area contributed by atoms with E-state index in [4.69, 9.17) is 11.6 Å². The van der Waals surface area contributed by atoms with E-state index in [0.717, 1.165) is 9.64 Å². The molecule has 0 atom stereocenters. The second-order valence-electron chi connectivity index (χ2n) is 3.01. The molecule has 1 N–H and O–H groups in total. The molecule has 0 spiro atoms. The van der Waals surface area contributed by atoms with Crippen molar-refractivity contribution in [1.29, 1.82) is 0 Å². The fraction of sp³-hybridized carbons (Fsp3) is 0.111. The Balaban J connectivity index is 2.60. The Morgan fingerprint density at radius 2 is 2.00 bits per heavy atom. The molecule has 16 heavy (non-hydrogen) atoms. The number of ether oxygens (including phenoxy) is 1. The summed E-state index contributed by atoms with van der Waals surface area (Å²) in [7, 11) is 0. The van der Waals surface area contributed by atoms with E-state index in [9.17, 15) is 13.2 Å². The SMILES string of the molecule is FC(F)(F)Oc1cc(Cl)cc2c(I)c[nH]c12. The summed E-state index contributed by atoms with van der Waals surface area (Å²) in [6.07, 6.45) is -3.14. The van der Waals surface area contributed by atoms with Gasteiger partial charge in [0.15, 0.2) is 5.75 Å². The first-order valence-electron chi connectivity index (χ1n) is 4.09. The van der Waals surface area contributed by atoms with Crippen LogP contribution < -0.4 is 4.74 Å². The summed E-state index contributed by atoms with van der Waals surface area (Å²) in [5.41, 5.74) is 0.283. The first-order valence-corrected chi connectivity index (χ1v) is 5.54. The number of benzene rings is 1. The number of aromatic nitrogens is 1. The topological polar surface area (TPSA) is 25.0 Å². The molecule has 0 fully saturated rings. The Morgan fingerprint density at radius 1 is 1.31 bits per heavy atom. The van der Waals surface area contributed by atoms with Crippen LogP contribution in [0.15, 0.2) is 18.3 Å². The Morgan fingerprint density at radius 3 is 2.62 bits per heavy atom. The predicted molar refractivity (Wildman–Crippen MR) is 62.7 cm³/mol. The summed E-state index contributed by atoms with van der Waals surface area (Å²) in [6.45, 7) is 0. The van der Waals surface area contributed by atoms with Crippen LogP contribution in [-0.4, -0.2) is 11.3 Å². The van der Waals surface area contributed by atoms with Gasteiger partial charge in [0.05, 0.1) is 5.52 Å². The standard InChI is InChI=1S/C9H4ClF3INO/c10-4-1-5-6(14)3-15-8(5)7(2-4)16-9(11,12)13/h1-3,15H. The Hall–Kier alpha value is -0.630. The van der Waals surface area contributed by atoms with Crippen LogP contribution in [0.3, 0.4) is 0 Å². The normalized spacial score (nSPS) is 12.1. The van der Waals surface area contributed by atoms with Crippen LogP contribution in [0.2, 0.25) is 5.02 Å². The van der Waals surface area contributed by atoms with Gasteiger partial charge in [-0.3, -0.25) is 0 Å². The van der Waals surface area contributed by atoms with Gasteiger partial charge in [0, 0.05) is 26.2 Å². The van der Waals surface area contributed by atoms with Crippen molar-refractivity contribution in [3.05, 3.63) is 26.9 Å². The largest absolute Gasteiger partial charge is 0.573 e. The van der Waals surface area contributed by atoms with Gasteiger partial charge in [-0.25, -0.2) is 0 Å². The second-order valence-corrected chi connectivity index (χ2v) is 4.61. The molecule has 0 aliphatic heterocycles. The molecule has 2 nitrogen and oxygen atoms in total. The van der Waals surface area contributed by atoms with Gasteiger partial charge in [-0.15, -0.1) is 13.2 Å². The summed E-state index contributed by atoms with van der Waals surface area (Å²) in [5, 5.41) is 0.802. The monoisotopic (exact) mass is 361 g/mol. The van der Waals surface area contributed by atoms with E-state index in [2.05, 4.69) is 9.72 Å². The van der Waals surface area contributed by atoms with Crippen molar-refractivity contribution in [2.75, 3.05) is 0 Å². The molecule has 0 bridgehead atoms. The van der Waals surface area contributed by atoms with Crippen LogP contribution in [-0.2, 0) is 0 Å². The van der Waals surface area contributed by atoms with E-state index in [0.29, 0.717) is 5.39 Å². The molecule has 7 heteroatoms. The zero-order valence-electron chi connectivity index (χ0n) is 7.53. The predicted octanol–water partition coefficient (Wildman–Crippen LogP) is 4.32. The number of rotatable bonds is 1. The summed E-state index contributed by atoms with van der Waals surface area (Å²) in [5.74, 6) is -0.321. The average Bonchev–Trinajstić information content (AvgIpc) is 2.45. The van der Waals surface area contributed by atoms with Crippen molar-refractivity contribution in [3.63, 3.8) is 0 Å². The third kappa shape index (κ3) is 2.37. The first kappa shape index (κ1) is 11.8. The molecule has 0 aliphatic rings. The summed E-state index contributed by atoms with van der Waals surface area (Å²) in [4.78, 5) is 2.72. The average molecular weight is 361 g/mol. The zero-order valence-corrected chi connectivity index (χ0v) is 10.4. The lowest BCUT2D eigenvalue weighted by atomic mass is 10.2. The van der Waals surface area contributed by atoms with E-state index >= 15 is 0 Å². The first-order chi connectivity index (χ1) is 7.37. The minimum atomic E-state index is -4.73. The molecule has 0 aliphatic carbocycles. The maximum absolute atomic E-state index is 12.1. The van der Waals surface area contributed by atoms with Gasteiger partial charge in [0.1, 0.15) is 0 Å². The van der Waals surface area contributed by atoms with Gasteiger partial charge in [0.2, 0.25) is 0 Å². The summed E-state index contributed by atoms with van der Waals surface area (Å²) in [6, 6.07) is 2.71. The number of hydrogen-bond acceptors (Lipinski definition) is 1. The zero-order chi connectivity index (χ0) is 11.9. The number of H-pyrrole nitrogens is 1. The molecule has 0 saturated carbocycles. The quantitative estimate of drug-likeness (QED) is 0.752. The van der Waals surface area contributed by atoms with E-state index in [-0.39, 0.29) is 16.3 Å². The van der Waals surface area contributed by atoms with Crippen LogP contribution in [0.25, 0.3) is 10.9 Å². The van der Waals surface area contributed by atoms with Crippen molar-refractivity contribution in [1.82, 2.24) is 4.98 Å². The van der Waals surface area contributed by atoms with E-state index in [1.165, 1.54) is 0 Å². The van der Waals surface area contributed by atoms with Crippen LogP contribution in [0.5, 0.6) is 5.75 Å². The number of nitrogens with one attached hydrogen (secondary N) is 1. The van der Waals surface area contributed by atoms with Gasteiger partial charge in [-0.2, -0.15) is 0 Å². The minimum Gasteiger partial charge on any atom is -0.403 e. The van der Waals surface area contributed by atoms with E-state index in [1.807, 2.05) is 22.6 Å². The van der Waals surface area contributed by atoms with Crippen molar-refractivity contribution in [2.45, 2.75) is 6.36 Å². The number of alkyl halides is 3. The summed E-state index contributed by atoms with van der Waals surface area (Å²) < 4.78 is 41.0. The number of halogens is 5. The van der Waals surface area contributed by atoms with Gasteiger partial charge >= 0.3 is 6.36 Å². The number of fused-ring (bicyclic) bond motifs is 1. The molecule has 0 unspecified atom stereocenters. The molecule has 86 valence electrons. The highest BCUT2D eigenvalue weighted by molar-refractivity contribution is 14.1. The Kier molecular flexibility index (Phi) is 2.95. The fourth-order valence-corrected chi connectivity index (χ4v) is 2.13. The van der Waals surface area contributed by atoms with Crippen molar-refractivity contribution in [2.24, 2.45) is 0 Å². The van der Waals surface area contributed by atoms with Crippen molar-refractivity contribution in [3.8, 4) is 5.75 Å². The molecule has 2 rings (SSSR count). The highest BCUT2D eigenvalue weighted by Crippen LogP contribution is 2.34. The number of hydrogen-bond donors (Lipinski definition) is 1. The maximum atomic E-state index is 12.1. The van der Waals surface area contributed by atoms with Crippen molar-refractivity contribution < 1.29 is 17.9 Å². The Bertz CT molecular complexity index is 537. The molecule has 0 radical (unpaired) electrons. The van der Waals surface area contributed by atoms with Crippen LogP contribution in [0.4, 0.5) is 13.2 Å². The molecular formula is C9H4ClF3INO. The molecule has 0 amide bonds. The molecule has 0 saturated heterocycles. The Labute approximate surface area is 107 Å². The number of aromatic amines is 1. The van der Waals surface area contributed by atoms with Crippen LogP contribution in [0, 0.1) is 3.57 Å². The third-order valence-electron chi connectivity index (χ3n) is 1.89. The van der Waals surface area contributed by atoms with Gasteiger partial charge in [-0.1, -0.05) is 11.6 Å². The molecule has 1 heterocycles. The van der Waals surface area contributed by atoms with Gasteiger partial charge in [0.25, 0.3) is 0 Å². The minimum absolute atomic E-state index is 0.198. The maximum Gasteiger partial charge on any atom is 0.573 e. The second kappa shape index (κ2) is 3.99. The molecule has 2 aromatic rings. The lowest BCUT2D eigenvalue weighted by Crippen LogP contribution is -2.17. The summed E-state index contributed by atoms with van der Waals surface area (Å²) >= 11 is 7.71. The van der Waals surface area contributed by atoms with E-state index in [1.54, 1.807) is 12.3 Å². The lowest BCUT2D eigenvalue weighted by molar-refractivity contribution is -0.274. The van der Waals surface area contributed by atoms with E-state index < -0.39 is 6.36 Å². The highest BCUT2D eigenvalue weighted by atomic mass is 127. The molecular weight excluding hydrogens is 357 g/mol. The van der Waals surface area contributed by atoms with Gasteiger partial charge in [-0.05, 0) is 28.7 Å². The smallest absolute Gasteiger partial charge is 0.403 e.